The van der Waals surface area contributed by atoms with Gasteiger partial charge in [-0.05, 0) is 77.4 Å². The Bertz CT molecular complexity index is 889. The summed E-state index contributed by atoms with van der Waals surface area (Å²) in [7, 11) is 4.03. The van der Waals surface area contributed by atoms with Crippen LogP contribution in [0, 0.1) is 11.7 Å². The van der Waals surface area contributed by atoms with E-state index >= 15 is 0 Å². The van der Waals surface area contributed by atoms with Crippen molar-refractivity contribution in [2.24, 2.45) is 10.9 Å². The number of hydrogen-bond donors (Lipinski definition) is 1. The number of carbonyl (C=O) groups is 1. The minimum absolute atomic E-state index is 0.184. The molecule has 0 unspecified atom stereocenters. The number of halogens is 2. The van der Waals surface area contributed by atoms with Gasteiger partial charge in [0.15, 0.2) is 0 Å². The molecule has 1 saturated carbocycles. The lowest BCUT2D eigenvalue weighted by atomic mass is 9.88. The molecule has 3 rings (SSSR count). The number of aliphatic imine (C=N–C) groups is 1. The Morgan fingerprint density at radius 3 is 2.77 bits per heavy atom. The summed E-state index contributed by atoms with van der Waals surface area (Å²) in [5.41, 5.74) is 1.91. The number of allylic oxidation sites excluding steroid dienone is 3. The molecule has 5 nitrogen and oxygen atoms in total. The molecule has 1 aromatic carbocycles. The molecule has 0 bridgehead atoms. The van der Waals surface area contributed by atoms with Crippen molar-refractivity contribution in [3.63, 3.8) is 0 Å². The molecule has 0 spiro atoms. The number of nitrogens with one attached hydrogen (secondary N) is 1. The molecule has 1 aliphatic carbocycles. The number of rotatable bonds is 10. The largest absolute Gasteiger partial charge is 0.330 e. The van der Waals surface area contributed by atoms with Gasteiger partial charge in [0.05, 0.1) is 24.0 Å². The van der Waals surface area contributed by atoms with Crippen molar-refractivity contribution in [3.05, 3.63) is 58.7 Å². The maximum atomic E-state index is 13.6. The molecular weight excluding hydrogens is 415 g/mol. The van der Waals surface area contributed by atoms with Crippen LogP contribution in [-0.2, 0) is 6.42 Å². The highest BCUT2D eigenvalue weighted by atomic mass is 35.5. The van der Waals surface area contributed by atoms with Crippen LogP contribution in [0.5, 0.6) is 0 Å². The van der Waals surface area contributed by atoms with E-state index in [-0.39, 0.29) is 11.8 Å². The first-order valence-electron chi connectivity index (χ1n) is 10.8. The second-order valence-corrected chi connectivity index (χ2v) is 9.49. The van der Waals surface area contributed by atoms with Gasteiger partial charge in [0.2, 0.25) is 0 Å². The van der Waals surface area contributed by atoms with Crippen LogP contribution in [0.3, 0.4) is 0 Å². The van der Waals surface area contributed by atoms with Crippen molar-refractivity contribution in [1.82, 2.24) is 15.1 Å². The Morgan fingerprint density at radius 2 is 2.16 bits per heavy atom. The summed E-state index contributed by atoms with van der Waals surface area (Å²) in [6, 6.07) is 6.45. The summed E-state index contributed by atoms with van der Waals surface area (Å²) < 4.78 is 13.6. The van der Waals surface area contributed by atoms with Crippen molar-refractivity contribution in [2.75, 3.05) is 27.2 Å². The Morgan fingerprint density at radius 1 is 1.42 bits per heavy atom. The number of hydrogen-bond acceptors (Lipinski definition) is 3. The lowest BCUT2D eigenvalue weighted by Crippen LogP contribution is -2.46. The molecule has 1 N–H and O–H groups in total. The van der Waals surface area contributed by atoms with E-state index in [9.17, 15) is 9.18 Å². The molecule has 1 aliphatic heterocycles. The van der Waals surface area contributed by atoms with Crippen LogP contribution in [0.4, 0.5) is 9.18 Å². The molecule has 2 fully saturated rings. The molecule has 1 heterocycles. The lowest BCUT2D eigenvalue weighted by molar-refractivity contribution is 0.228. The van der Waals surface area contributed by atoms with E-state index in [4.69, 9.17) is 11.6 Å². The zero-order valence-electron chi connectivity index (χ0n) is 18.6. The number of urea groups is 1. The van der Waals surface area contributed by atoms with Crippen LogP contribution in [0.1, 0.15) is 38.2 Å². The van der Waals surface area contributed by atoms with Gasteiger partial charge in [-0.1, -0.05) is 30.3 Å². The third kappa shape index (κ3) is 6.40. The molecule has 31 heavy (non-hydrogen) atoms. The fourth-order valence-corrected chi connectivity index (χ4v) is 3.99. The Kier molecular flexibility index (Phi) is 7.55. The minimum Gasteiger partial charge on any atom is -0.330 e. The van der Waals surface area contributed by atoms with Gasteiger partial charge < -0.3 is 10.2 Å². The Hall–Kier alpha value is -2.18. The standard InChI is InChI=1S/C24H32ClFN4O/c1-17(25)22(15-27-18(2)20-8-9-20)30-16-24(28-23(30)31,12-13-29(3)4)11-10-19-6-5-7-21(26)14-19/h5-7,14-15,20H,2,8-13,16H2,1,3-4H3,(H,28,31)/b22-17-,27-15?/t24-/m0/s1. The average Bonchev–Trinajstić information content (AvgIpc) is 3.50. The van der Waals surface area contributed by atoms with Crippen LogP contribution in [0.2, 0.25) is 0 Å². The highest BCUT2D eigenvalue weighted by Crippen LogP contribution is 2.36. The molecule has 1 aromatic rings. The molecular formula is C24H32ClFN4O. The highest BCUT2D eigenvalue weighted by molar-refractivity contribution is 6.31. The Balaban J connectivity index is 1.78. The van der Waals surface area contributed by atoms with Gasteiger partial charge in [0.25, 0.3) is 0 Å². The van der Waals surface area contributed by atoms with E-state index in [1.807, 2.05) is 20.2 Å². The summed E-state index contributed by atoms with van der Waals surface area (Å²) in [5.74, 6) is 0.206. The van der Waals surface area contributed by atoms with Gasteiger partial charge >= 0.3 is 6.03 Å². The summed E-state index contributed by atoms with van der Waals surface area (Å²) in [5, 5.41) is 3.72. The monoisotopic (exact) mass is 446 g/mol. The van der Waals surface area contributed by atoms with Crippen LogP contribution >= 0.6 is 11.6 Å². The molecule has 1 atom stereocenters. The SMILES string of the molecule is C=C(N=C/C(=C(\C)Cl)N1C[C@](CCc2cccc(F)c2)(CCN(C)C)NC1=O)C1CC1. The third-order valence-corrected chi connectivity index (χ3v) is 6.14. The number of nitrogens with zero attached hydrogens (tertiary/aromatic N) is 3. The van der Waals surface area contributed by atoms with Gasteiger partial charge in [-0.3, -0.25) is 9.89 Å². The minimum atomic E-state index is -0.438. The molecule has 0 radical (unpaired) electrons. The number of benzene rings is 1. The summed E-state index contributed by atoms with van der Waals surface area (Å²) >= 11 is 6.37. The molecule has 1 saturated heterocycles. The van der Waals surface area contributed by atoms with Crippen LogP contribution < -0.4 is 5.32 Å². The van der Waals surface area contributed by atoms with Crippen LogP contribution in [0.25, 0.3) is 0 Å². The number of aryl methyl sites for hydroxylation is 1. The van der Waals surface area contributed by atoms with Gasteiger partial charge in [-0.15, -0.1) is 0 Å². The maximum Gasteiger partial charge on any atom is 0.322 e. The third-order valence-electron chi connectivity index (χ3n) is 5.94. The van der Waals surface area contributed by atoms with E-state index in [1.54, 1.807) is 30.2 Å². The number of carbonyl (C=O) groups excluding carboxylic acids is 1. The molecule has 7 heteroatoms. The molecule has 0 aromatic heterocycles. The van der Waals surface area contributed by atoms with E-state index in [0.717, 1.165) is 37.1 Å². The first-order valence-corrected chi connectivity index (χ1v) is 11.1. The fourth-order valence-electron chi connectivity index (χ4n) is 3.84. The predicted molar refractivity (Wildman–Crippen MR) is 125 cm³/mol. The normalized spacial score (nSPS) is 22.3. The summed E-state index contributed by atoms with van der Waals surface area (Å²) in [6.45, 7) is 7.09. The van der Waals surface area contributed by atoms with E-state index in [2.05, 4.69) is 21.8 Å². The van der Waals surface area contributed by atoms with Crippen molar-refractivity contribution >= 4 is 23.8 Å². The second kappa shape index (κ2) is 9.96. The van der Waals surface area contributed by atoms with E-state index < -0.39 is 5.54 Å². The van der Waals surface area contributed by atoms with Gasteiger partial charge in [0.1, 0.15) is 5.82 Å². The predicted octanol–water partition coefficient (Wildman–Crippen LogP) is 4.94. The second-order valence-electron chi connectivity index (χ2n) is 8.92. The first kappa shape index (κ1) is 23.5. The zero-order valence-corrected chi connectivity index (χ0v) is 19.4. The first-order chi connectivity index (χ1) is 14.7. The van der Waals surface area contributed by atoms with Gasteiger partial charge in [-0.25, -0.2) is 9.18 Å². The lowest BCUT2D eigenvalue weighted by Gasteiger charge is -2.30. The van der Waals surface area contributed by atoms with Crippen LogP contribution in [0.15, 0.2) is 52.3 Å². The summed E-state index contributed by atoms with van der Waals surface area (Å²) in [4.78, 5) is 21.3. The topological polar surface area (TPSA) is 47.9 Å². The van der Waals surface area contributed by atoms with Crippen molar-refractivity contribution < 1.29 is 9.18 Å². The van der Waals surface area contributed by atoms with Crippen LogP contribution in [-0.4, -0.2) is 54.8 Å². The fraction of sp³-hybridized carbons (Fsp3) is 0.500. The van der Waals surface area contributed by atoms with Gasteiger partial charge in [-0.2, -0.15) is 0 Å². The molecule has 168 valence electrons. The Labute approximate surface area is 189 Å². The summed E-state index contributed by atoms with van der Waals surface area (Å²) in [6.07, 6.45) is 6.05. The zero-order chi connectivity index (χ0) is 22.6. The quantitative estimate of drug-likeness (QED) is 0.517. The van der Waals surface area contributed by atoms with Crippen molar-refractivity contribution in [3.8, 4) is 0 Å². The van der Waals surface area contributed by atoms with Crippen molar-refractivity contribution in [1.29, 1.82) is 0 Å². The van der Waals surface area contributed by atoms with Gasteiger partial charge in [0, 0.05) is 16.6 Å². The smallest absolute Gasteiger partial charge is 0.322 e. The number of amides is 2. The maximum absolute atomic E-state index is 13.6. The van der Waals surface area contributed by atoms with E-state index in [1.165, 1.54) is 6.07 Å². The molecule has 2 amide bonds. The molecule has 2 aliphatic rings. The highest BCUT2D eigenvalue weighted by Gasteiger charge is 2.43. The average molecular weight is 447 g/mol. The van der Waals surface area contributed by atoms with E-state index in [0.29, 0.717) is 36.0 Å². The van der Waals surface area contributed by atoms with Crippen molar-refractivity contribution in [2.45, 2.75) is 44.6 Å².